The Kier molecular flexibility index (Phi) is 3.69. The normalized spacial score (nSPS) is 23.2. The van der Waals surface area contributed by atoms with E-state index in [9.17, 15) is 22.8 Å². The van der Waals surface area contributed by atoms with E-state index in [0.29, 0.717) is 6.42 Å². The predicted molar refractivity (Wildman–Crippen MR) is 70.6 cm³/mol. The zero-order chi connectivity index (χ0) is 15.8. The zero-order valence-corrected chi connectivity index (χ0v) is 11.6. The van der Waals surface area contributed by atoms with Gasteiger partial charge in [0, 0.05) is 5.69 Å². The van der Waals surface area contributed by atoms with Crippen LogP contribution in [0.15, 0.2) is 24.3 Å². The Morgan fingerprint density at radius 1 is 1.33 bits per heavy atom. The minimum atomic E-state index is -4.49. The van der Waals surface area contributed by atoms with Gasteiger partial charge in [0.15, 0.2) is 0 Å². The van der Waals surface area contributed by atoms with E-state index in [2.05, 4.69) is 5.32 Å². The van der Waals surface area contributed by atoms with Gasteiger partial charge in [-0.2, -0.15) is 13.2 Å². The van der Waals surface area contributed by atoms with Crippen LogP contribution in [0.4, 0.5) is 18.9 Å². The summed E-state index contributed by atoms with van der Waals surface area (Å²) in [5, 5.41) is 2.58. The highest BCUT2D eigenvalue weighted by molar-refractivity contribution is 6.08. The van der Waals surface area contributed by atoms with Gasteiger partial charge in [-0.25, -0.2) is 0 Å². The maximum Gasteiger partial charge on any atom is 0.416 e. The summed E-state index contributed by atoms with van der Waals surface area (Å²) in [6.45, 7) is 3.01. The molecule has 1 aliphatic rings. The molecule has 7 heteroatoms. The molecule has 0 aliphatic carbocycles. The van der Waals surface area contributed by atoms with Crippen molar-refractivity contribution in [1.82, 2.24) is 5.32 Å². The number of amides is 2. The molecule has 1 aromatic carbocycles. The lowest BCUT2D eigenvalue weighted by atomic mass is 9.94. The molecule has 4 nitrogen and oxygen atoms in total. The number of nitrogens with one attached hydrogen (secondary N) is 1. The Morgan fingerprint density at radius 2 is 2.00 bits per heavy atom. The molecule has 21 heavy (non-hydrogen) atoms. The van der Waals surface area contributed by atoms with Crippen LogP contribution in [0, 0.1) is 0 Å². The first-order valence-corrected chi connectivity index (χ1v) is 6.47. The van der Waals surface area contributed by atoms with Gasteiger partial charge in [0.1, 0.15) is 12.1 Å². The van der Waals surface area contributed by atoms with Crippen LogP contribution in [-0.2, 0) is 15.8 Å². The van der Waals surface area contributed by atoms with Gasteiger partial charge in [0.05, 0.1) is 5.56 Å². The molecular weight excluding hydrogens is 285 g/mol. The molecule has 0 aromatic heterocycles. The number of carbonyl (C=O) groups excluding carboxylic acids is 2. The maximum atomic E-state index is 12.7. The van der Waals surface area contributed by atoms with Gasteiger partial charge in [0.25, 0.3) is 5.91 Å². The summed E-state index contributed by atoms with van der Waals surface area (Å²) < 4.78 is 38.2. The minimum absolute atomic E-state index is 0.0735. The molecule has 1 atom stereocenters. The van der Waals surface area contributed by atoms with Crippen LogP contribution in [-0.4, -0.2) is 23.9 Å². The number of anilines is 1. The third-order valence-corrected chi connectivity index (χ3v) is 3.63. The van der Waals surface area contributed by atoms with Gasteiger partial charge >= 0.3 is 6.18 Å². The van der Waals surface area contributed by atoms with Crippen molar-refractivity contribution >= 4 is 17.5 Å². The monoisotopic (exact) mass is 300 g/mol. The average Bonchev–Trinajstić information content (AvgIpc) is 2.42. The van der Waals surface area contributed by atoms with E-state index in [1.165, 1.54) is 12.1 Å². The Bertz CT molecular complexity index is 586. The van der Waals surface area contributed by atoms with Crippen LogP contribution in [0.3, 0.4) is 0 Å². The fraction of sp³-hybridized carbons (Fsp3) is 0.429. The zero-order valence-electron chi connectivity index (χ0n) is 11.6. The van der Waals surface area contributed by atoms with Gasteiger partial charge < -0.3 is 10.2 Å². The van der Waals surface area contributed by atoms with Crippen molar-refractivity contribution in [2.45, 2.75) is 32.0 Å². The number of piperazine rings is 1. The number of alkyl halides is 3. The second-order valence-corrected chi connectivity index (χ2v) is 5.17. The number of halogens is 3. The van der Waals surface area contributed by atoms with Crippen LogP contribution < -0.4 is 10.2 Å². The van der Waals surface area contributed by atoms with Gasteiger partial charge in [-0.1, -0.05) is 13.0 Å². The highest BCUT2D eigenvalue weighted by Gasteiger charge is 2.42. The van der Waals surface area contributed by atoms with E-state index in [1.807, 2.05) is 0 Å². The van der Waals surface area contributed by atoms with Crippen LogP contribution in [0.1, 0.15) is 25.8 Å². The van der Waals surface area contributed by atoms with Gasteiger partial charge in [-0.15, -0.1) is 0 Å². The number of hydrogen-bond donors (Lipinski definition) is 1. The van der Waals surface area contributed by atoms with E-state index >= 15 is 0 Å². The van der Waals surface area contributed by atoms with Gasteiger partial charge in [0.2, 0.25) is 5.91 Å². The van der Waals surface area contributed by atoms with Crippen molar-refractivity contribution in [3.8, 4) is 0 Å². The smallest absolute Gasteiger partial charge is 0.340 e. The van der Waals surface area contributed by atoms with Crippen molar-refractivity contribution in [1.29, 1.82) is 0 Å². The quantitative estimate of drug-likeness (QED) is 0.911. The first-order valence-electron chi connectivity index (χ1n) is 6.47. The molecule has 1 aliphatic heterocycles. The standard InChI is InChI=1S/C14H15F3N2O2/c1-3-13(2)12(21)19(8-11(20)18-13)10-6-4-5-9(7-10)14(15,16)17/h4-7H,3,8H2,1-2H3,(H,18,20). The van der Waals surface area contributed by atoms with Crippen LogP contribution in [0.2, 0.25) is 0 Å². The van der Waals surface area contributed by atoms with E-state index in [-0.39, 0.29) is 12.2 Å². The minimum Gasteiger partial charge on any atom is -0.340 e. The summed E-state index contributed by atoms with van der Waals surface area (Å²) in [7, 11) is 0. The Hall–Kier alpha value is -2.05. The summed E-state index contributed by atoms with van der Waals surface area (Å²) >= 11 is 0. The summed E-state index contributed by atoms with van der Waals surface area (Å²) in [5.41, 5.74) is -1.87. The van der Waals surface area contributed by atoms with Crippen molar-refractivity contribution in [2.24, 2.45) is 0 Å². The van der Waals surface area contributed by atoms with Gasteiger partial charge in [-0.05, 0) is 31.5 Å². The third-order valence-electron chi connectivity index (χ3n) is 3.63. The van der Waals surface area contributed by atoms with Crippen LogP contribution in [0.5, 0.6) is 0 Å². The number of carbonyl (C=O) groups is 2. The van der Waals surface area contributed by atoms with Crippen molar-refractivity contribution in [3.05, 3.63) is 29.8 Å². The van der Waals surface area contributed by atoms with Gasteiger partial charge in [-0.3, -0.25) is 9.59 Å². The Labute approximate surface area is 119 Å². The maximum absolute atomic E-state index is 12.7. The first-order chi connectivity index (χ1) is 9.67. The topological polar surface area (TPSA) is 49.4 Å². The van der Waals surface area contributed by atoms with Crippen LogP contribution >= 0.6 is 0 Å². The fourth-order valence-corrected chi connectivity index (χ4v) is 2.21. The molecule has 0 bridgehead atoms. The lowest BCUT2D eigenvalue weighted by Crippen LogP contribution is -2.65. The van der Waals surface area contributed by atoms with Crippen LogP contribution in [0.25, 0.3) is 0 Å². The largest absolute Gasteiger partial charge is 0.416 e. The second kappa shape index (κ2) is 5.05. The fourth-order valence-electron chi connectivity index (χ4n) is 2.21. The SMILES string of the molecule is CCC1(C)NC(=O)CN(c2cccc(C(F)(F)F)c2)C1=O. The van der Waals surface area contributed by atoms with Crippen molar-refractivity contribution < 1.29 is 22.8 Å². The highest BCUT2D eigenvalue weighted by Crippen LogP contribution is 2.32. The van der Waals surface area contributed by atoms with Crippen molar-refractivity contribution in [2.75, 3.05) is 11.4 Å². The number of nitrogens with zero attached hydrogens (tertiary/aromatic N) is 1. The molecular formula is C14H15F3N2O2. The summed E-state index contributed by atoms with van der Waals surface area (Å²) in [6, 6.07) is 4.42. The number of rotatable bonds is 2. The van der Waals surface area contributed by atoms with E-state index in [4.69, 9.17) is 0 Å². The lowest BCUT2D eigenvalue weighted by molar-refractivity contribution is -0.137. The molecule has 0 spiro atoms. The lowest BCUT2D eigenvalue weighted by Gasteiger charge is -2.39. The molecule has 2 rings (SSSR count). The van der Waals surface area contributed by atoms with E-state index < -0.39 is 29.1 Å². The summed E-state index contributed by atoms with van der Waals surface area (Å²) in [6.07, 6.45) is -4.14. The number of benzene rings is 1. The molecule has 114 valence electrons. The molecule has 1 heterocycles. The molecule has 1 fully saturated rings. The molecule has 1 aromatic rings. The second-order valence-electron chi connectivity index (χ2n) is 5.17. The van der Waals surface area contributed by atoms with E-state index in [1.54, 1.807) is 13.8 Å². The molecule has 0 saturated carbocycles. The molecule has 1 saturated heterocycles. The van der Waals surface area contributed by atoms with Crippen molar-refractivity contribution in [3.63, 3.8) is 0 Å². The highest BCUT2D eigenvalue weighted by atomic mass is 19.4. The third kappa shape index (κ3) is 2.86. The first kappa shape index (κ1) is 15.3. The Balaban J connectivity index is 2.41. The number of hydrogen-bond acceptors (Lipinski definition) is 2. The predicted octanol–water partition coefficient (Wildman–Crippen LogP) is 2.34. The summed E-state index contributed by atoms with van der Waals surface area (Å²) in [4.78, 5) is 25.2. The average molecular weight is 300 g/mol. The molecule has 0 radical (unpaired) electrons. The Morgan fingerprint density at radius 3 is 2.57 bits per heavy atom. The molecule has 1 unspecified atom stereocenters. The molecule has 1 N–H and O–H groups in total. The summed E-state index contributed by atoms with van der Waals surface area (Å²) in [5.74, 6) is -0.805. The van der Waals surface area contributed by atoms with E-state index in [0.717, 1.165) is 17.0 Å². The molecule has 2 amide bonds.